The average molecular weight is 452 g/mol. The van der Waals surface area contributed by atoms with Crippen LogP contribution in [0.2, 0.25) is 0 Å². The van der Waals surface area contributed by atoms with Crippen molar-refractivity contribution >= 4 is 23.3 Å². The van der Waals surface area contributed by atoms with Gasteiger partial charge in [0.15, 0.2) is 0 Å². The van der Waals surface area contributed by atoms with Crippen molar-refractivity contribution in [3.8, 4) is 0 Å². The summed E-state index contributed by atoms with van der Waals surface area (Å²) in [6, 6.07) is 7.52. The van der Waals surface area contributed by atoms with E-state index in [-0.39, 0.29) is 12.1 Å². The first kappa shape index (κ1) is 26.0. The molecule has 1 aliphatic rings. The van der Waals surface area contributed by atoms with E-state index in [0.717, 1.165) is 12.2 Å². The van der Waals surface area contributed by atoms with Crippen LogP contribution in [-0.4, -0.2) is 37.2 Å². The molecular formula is C26H42ClNO3. The number of benzene rings is 1. The minimum absolute atomic E-state index is 0.105. The van der Waals surface area contributed by atoms with Crippen LogP contribution in [0.3, 0.4) is 0 Å². The highest BCUT2D eigenvalue weighted by Crippen LogP contribution is 2.18. The van der Waals surface area contributed by atoms with Crippen molar-refractivity contribution in [2.75, 3.05) is 25.1 Å². The van der Waals surface area contributed by atoms with Crippen molar-refractivity contribution in [3.05, 3.63) is 29.8 Å². The Morgan fingerprint density at radius 1 is 1.00 bits per heavy atom. The molecule has 0 aromatic heterocycles. The molecule has 1 aromatic carbocycles. The molecule has 1 saturated heterocycles. The summed E-state index contributed by atoms with van der Waals surface area (Å²) >= 11 is 6.39. The number of carbonyl (C=O) groups is 1. The van der Waals surface area contributed by atoms with Crippen LogP contribution >= 0.6 is 11.6 Å². The third-order valence-corrected chi connectivity index (χ3v) is 6.25. The summed E-state index contributed by atoms with van der Waals surface area (Å²) in [5.74, 6) is -0.281. The first-order chi connectivity index (χ1) is 15.2. The van der Waals surface area contributed by atoms with Crippen molar-refractivity contribution in [2.45, 2.75) is 102 Å². The van der Waals surface area contributed by atoms with Gasteiger partial charge in [-0.3, -0.25) is 0 Å². The summed E-state index contributed by atoms with van der Waals surface area (Å²) in [7, 11) is 0. The Kier molecular flexibility index (Phi) is 13.7. The van der Waals surface area contributed by atoms with Gasteiger partial charge in [0.05, 0.1) is 12.2 Å². The predicted molar refractivity (Wildman–Crippen MR) is 130 cm³/mol. The SMILES string of the molecule is CCCCCC(Cl)CCCCCCCCCCNc1ccc(C(=O)OCC2CO2)cc1. The zero-order valence-corrected chi connectivity index (χ0v) is 20.1. The predicted octanol–water partition coefficient (Wildman–Crippen LogP) is 7.35. The van der Waals surface area contributed by atoms with Gasteiger partial charge in [-0.05, 0) is 43.5 Å². The van der Waals surface area contributed by atoms with E-state index in [1.165, 1.54) is 83.5 Å². The van der Waals surface area contributed by atoms with Gasteiger partial charge in [-0.1, -0.05) is 71.1 Å². The fourth-order valence-electron chi connectivity index (χ4n) is 3.68. The summed E-state index contributed by atoms with van der Waals surface area (Å²) in [5, 5.41) is 3.83. The van der Waals surface area contributed by atoms with Gasteiger partial charge in [0.2, 0.25) is 0 Å². The molecule has 5 heteroatoms. The molecule has 2 atom stereocenters. The van der Waals surface area contributed by atoms with Crippen LogP contribution in [-0.2, 0) is 9.47 Å². The normalized spacial score (nSPS) is 16.1. The first-order valence-electron chi connectivity index (χ1n) is 12.5. The number of unbranched alkanes of at least 4 members (excludes halogenated alkanes) is 9. The number of nitrogens with one attached hydrogen (secondary N) is 1. The number of hydrogen-bond donors (Lipinski definition) is 1. The van der Waals surface area contributed by atoms with Gasteiger partial charge in [0, 0.05) is 17.6 Å². The van der Waals surface area contributed by atoms with Crippen molar-refractivity contribution in [1.82, 2.24) is 0 Å². The molecule has 1 N–H and O–H groups in total. The van der Waals surface area contributed by atoms with E-state index in [1.807, 2.05) is 24.3 Å². The molecule has 0 amide bonds. The van der Waals surface area contributed by atoms with E-state index in [2.05, 4.69) is 12.2 Å². The Labute approximate surface area is 194 Å². The van der Waals surface area contributed by atoms with Gasteiger partial charge in [0.1, 0.15) is 12.7 Å². The molecular weight excluding hydrogens is 410 g/mol. The zero-order valence-electron chi connectivity index (χ0n) is 19.4. The number of alkyl halides is 1. The summed E-state index contributed by atoms with van der Waals surface area (Å²) in [5.41, 5.74) is 1.64. The molecule has 31 heavy (non-hydrogen) atoms. The summed E-state index contributed by atoms with van der Waals surface area (Å²) < 4.78 is 10.2. The lowest BCUT2D eigenvalue weighted by Gasteiger charge is -2.09. The molecule has 1 fully saturated rings. The second-order valence-corrected chi connectivity index (χ2v) is 9.39. The van der Waals surface area contributed by atoms with E-state index in [4.69, 9.17) is 21.1 Å². The number of carbonyl (C=O) groups excluding carboxylic acids is 1. The van der Waals surface area contributed by atoms with Gasteiger partial charge in [-0.15, -0.1) is 11.6 Å². The van der Waals surface area contributed by atoms with Crippen LogP contribution in [0, 0.1) is 0 Å². The number of anilines is 1. The van der Waals surface area contributed by atoms with Crippen molar-refractivity contribution in [3.63, 3.8) is 0 Å². The maximum Gasteiger partial charge on any atom is 0.338 e. The molecule has 176 valence electrons. The molecule has 0 radical (unpaired) electrons. The Hall–Kier alpha value is -1.26. The minimum atomic E-state index is -0.281. The number of epoxide rings is 1. The average Bonchev–Trinajstić information content (AvgIpc) is 3.61. The molecule has 1 aliphatic heterocycles. The number of halogens is 1. The number of ether oxygens (including phenoxy) is 2. The molecule has 2 rings (SSSR count). The molecule has 1 heterocycles. The van der Waals surface area contributed by atoms with Gasteiger partial charge in [0.25, 0.3) is 0 Å². The summed E-state index contributed by atoms with van der Waals surface area (Å²) in [6.45, 7) is 4.26. The number of hydrogen-bond acceptors (Lipinski definition) is 4. The van der Waals surface area contributed by atoms with Gasteiger partial charge < -0.3 is 14.8 Å². The highest BCUT2D eigenvalue weighted by atomic mass is 35.5. The van der Waals surface area contributed by atoms with Crippen LogP contribution in [0.25, 0.3) is 0 Å². The highest BCUT2D eigenvalue weighted by Gasteiger charge is 2.24. The minimum Gasteiger partial charge on any atom is -0.459 e. The van der Waals surface area contributed by atoms with E-state index < -0.39 is 0 Å². The Morgan fingerprint density at radius 3 is 2.19 bits per heavy atom. The molecule has 1 aromatic rings. The van der Waals surface area contributed by atoms with E-state index >= 15 is 0 Å². The maximum absolute atomic E-state index is 11.9. The van der Waals surface area contributed by atoms with Crippen LogP contribution in [0.5, 0.6) is 0 Å². The highest BCUT2D eigenvalue weighted by molar-refractivity contribution is 6.20. The van der Waals surface area contributed by atoms with Gasteiger partial charge >= 0.3 is 5.97 Å². The largest absolute Gasteiger partial charge is 0.459 e. The number of rotatable bonds is 19. The maximum atomic E-state index is 11.9. The fraction of sp³-hybridized carbons (Fsp3) is 0.731. The Balaban J connectivity index is 1.38. The quantitative estimate of drug-likeness (QED) is 0.103. The second-order valence-electron chi connectivity index (χ2n) is 8.77. The Morgan fingerprint density at radius 2 is 1.58 bits per heavy atom. The summed E-state index contributed by atoms with van der Waals surface area (Å²) in [6.07, 6.45) is 16.8. The van der Waals surface area contributed by atoms with Crippen molar-refractivity contribution < 1.29 is 14.3 Å². The molecule has 0 bridgehead atoms. The number of esters is 1. The summed E-state index contributed by atoms with van der Waals surface area (Å²) in [4.78, 5) is 11.9. The van der Waals surface area contributed by atoms with Crippen molar-refractivity contribution in [1.29, 1.82) is 0 Å². The van der Waals surface area contributed by atoms with Crippen molar-refractivity contribution in [2.24, 2.45) is 0 Å². The molecule has 0 saturated carbocycles. The van der Waals surface area contributed by atoms with Gasteiger partial charge in [-0.2, -0.15) is 0 Å². The lowest BCUT2D eigenvalue weighted by molar-refractivity contribution is 0.0476. The van der Waals surface area contributed by atoms with Crippen LogP contribution in [0.1, 0.15) is 101 Å². The molecule has 2 unspecified atom stereocenters. The smallest absolute Gasteiger partial charge is 0.338 e. The van der Waals surface area contributed by atoms with Crippen LogP contribution in [0.4, 0.5) is 5.69 Å². The fourth-order valence-corrected chi connectivity index (χ4v) is 3.99. The van der Waals surface area contributed by atoms with Gasteiger partial charge in [-0.25, -0.2) is 4.79 Å². The lowest BCUT2D eigenvalue weighted by atomic mass is 10.0. The monoisotopic (exact) mass is 451 g/mol. The standard InChI is InChI=1S/C26H42ClNO3/c1-2-3-10-13-23(27)14-11-8-6-4-5-7-9-12-19-28-24-17-15-22(16-18-24)26(29)31-21-25-20-30-25/h15-18,23,25,28H,2-14,19-21H2,1H3. The lowest BCUT2D eigenvalue weighted by Crippen LogP contribution is -2.10. The van der Waals surface area contributed by atoms with Crippen LogP contribution < -0.4 is 5.32 Å². The van der Waals surface area contributed by atoms with E-state index in [0.29, 0.717) is 24.2 Å². The zero-order chi connectivity index (χ0) is 22.2. The molecule has 0 aliphatic carbocycles. The topological polar surface area (TPSA) is 50.9 Å². The Bertz CT molecular complexity index is 589. The molecule has 4 nitrogen and oxygen atoms in total. The van der Waals surface area contributed by atoms with E-state index in [9.17, 15) is 4.79 Å². The van der Waals surface area contributed by atoms with E-state index in [1.54, 1.807) is 0 Å². The second kappa shape index (κ2) is 16.4. The first-order valence-corrected chi connectivity index (χ1v) is 12.9. The third-order valence-electron chi connectivity index (χ3n) is 5.82. The van der Waals surface area contributed by atoms with Crippen LogP contribution in [0.15, 0.2) is 24.3 Å². The molecule has 0 spiro atoms. The third kappa shape index (κ3) is 13.0.